The fourth-order valence-corrected chi connectivity index (χ4v) is 1.85. The third-order valence-electron chi connectivity index (χ3n) is 1.55. The van der Waals surface area contributed by atoms with E-state index in [0.29, 0.717) is 6.54 Å². The SMILES string of the molecule is NCCSc1ccc(Cl)c(C(=O)O)c1. The monoisotopic (exact) mass is 231 g/mol. The minimum absolute atomic E-state index is 0.133. The Kier molecular flexibility index (Phi) is 4.25. The number of hydrogen-bond acceptors (Lipinski definition) is 3. The van der Waals surface area contributed by atoms with Crippen molar-refractivity contribution in [1.82, 2.24) is 0 Å². The molecule has 3 nitrogen and oxygen atoms in total. The number of carboxylic acid groups (broad SMARTS) is 1. The van der Waals surface area contributed by atoms with Crippen LogP contribution in [-0.2, 0) is 0 Å². The lowest BCUT2D eigenvalue weighted by Crippen LogP contribution is -2.01. The second kappa shape index (κ2) is 5.24. The number of carbonyl (C=O) groups is 1. The summed E-state index contributed by atoms with van der Waals surface area (Å²) in [4.78, 5) is 11.6. The van der Waals surface area contributed by atoms with Crippen molar-refractivity contribution in [3.8, 4) is 0 Å². The molecule has 1 aromatic carbocycles. The first-order chi connectivity index (χ1) is 6.65. The van der Waals surface area contributed by atoms with Gasteiger partial charge in [-0.25, -0.2) is 4.79 Å². The Morgan fingerprint density at radius 1 is 1.57 bits per heavy atom. The molecular weight excluding hydrogens is 222 g/mol. The standard InChI is InChI=1S/C9H10ClNO2S/c10-8-2-1-6(14-4-3-11)5-7(8)9(12)13/h1-2,5H,3-4,11H2,(H,12,13). The van der Waals surface area contributed by atoms with E-state index in [2.05, 4.69) is 0 Å². The fraction of sp³-hybridized carbons (Fsp3) is 0.222. The number of aromatic carboxylic acids is 1. The van der Waals surface area contributed by atoms with Gasteiger partial charge in [0.1, 0.15) is 0 Å². The number of rotatable bonds is 4. The van der Waals surface area contributed by atoms with Gasteiger partial charge in [0.2, 0.25) is 0 Å². The Morgan fingerprint density at radius 2 is 2.29 bits per heavy atom. The minimum Gasteiger partial charge on any atom is -0.478 e. The average molecular weight is 232 g/mol. The van der Waals surface area contributed by atoms with E-state index in [4.69, 9.17) is 22.4 Å². The summed E-state index contributed by atoms with van der Waals surface area (Å²) in [6, 6.07) is 4.93. The summed E-state index contributed by atoms with van der Waals surface area (Å²) in [7, 11) is 0. The van der Waals surface area contributed by atoms with Crippen molar-refractivity contribution in [2.45, 2.75) is 4.90 Å². The second-order valence-corrected chi connectivity index (χ2v) is 4.16. The van der Waals surface area contributed by atoms with Gasteiger partial charge in [-0.3, -0.25) is 0 Å². The minimum atomic E-state index is -1.01. The van der Waals surface area contributed by atoms with Crippen molar-refractivity contribution in [1.29, 1.82) is 0 Å². The van der Waals surface area contributed by atoms with Gasteiger partial charge in [-0.1, -0.05) is 11.6 Å². The van der Waals surface area contributed by atoms with E-state index in [1.165, 1.54) is 11.8 Å². The highest BCUT2D eigenvalue weighted by molar-refractivity contribution is 7.99. The number of hydrogen-bond donors (Lipinski definition) is 2. The molecule has 0 saturated heterocycles. The van der Waals surface area contributed by atoms with Crippen molar-refractivity contribution in [2.24, 2.45) is 5.73 Å². The van der Waals surface area contributed by atoms with Crippen LogP contribution in [0.25, 0.3) is 0 Å². The van der Waals surface area contributed by atoms with Gasteiger partial charge in [0.25, 0.3) is 0 Å². The third kappa shape index (κ3) is 2.90. The van der Waals surface area contributed by atoms with Crippen molar-refractivity contribution in [3.05, 3.63) is 28.8 Å². The number of thioether (sulfide) groups is 1. The van der Waals surface area contributed by atoms with Crippen molar-refractivity contribution >= 4 is 29.3 Å². The summed E-state index contributed by atoms with van der Waals surface area (Å²) in [5.74, 6) is -0.245. The van der Waals surface area contributed by atoms with E-state index >= 15 is 0 Å². The maximum absolute atomic E-state index is 10.7. The summed E-state index contributed by atoms with van der Waals surface area (Å²) >= 11 is 7.22. The predicted molar refractivity (Wildman–Crippen MR) is 58.2 cm³/mol. The molecule has 5 heteroatoms. The first kappa shape index (κ1) is 11.4. The highest BCUT2D eigenvalue weighted by atomic mass is 35.5. The number of halogens is 1. The summed E-state index contributed by atoms with van der Waals surface area (Å²) in [6.45, 7) is 0.565. The number of carboxylic acids is 1. The molecule has 1 rings (SSSR count). The molecule has 0 aliphatic carbocycles. The van der Waals surface area contributed by atoms with E-state index in [1.54, 1.807) is 18.2 Å². The molecular formula is C9H10ClNO2S. The third-order valence-corrected chi connectivity index (χ3v) is 2.91. The fourth-order valence-electron chi connectivity index (χ4n) is 0.935. The molecule has 0 aliphatic rings. The van der Waals surface area contributed by atoms with Gasteiger partial charge in [-0.2, -0.15) is 0 Å². The molecule has 3 N–H and O–H groups in total. The van der Waals surface area contributed by atoms with Crippen LogP contribution in [0.3, 0.4) is 0 Å². The second-order valence-electron chi connectivity index (χ2n) is 2.58. The Balaban J connectivity index is 2.89. The molecule has 0 aromatic heterocycles. The van der Waals surface area contributed by atoms with Crippen LogP contribution in [-0.4, -0.2) is 23.4 Å². The summed E-state index contributed by atoms with van der Waals surface area (Å²) in [5.41, 5.74) is 5.47. The van der Waals surface area contributed by atoms with Crippen molar-refractivity contribution in [3.63, 3.8) is 0 Å². The van der Waals surface area contributed by atoms with Gasteiger partial charge in [0.05, 0.1) is 10.6 Å². The van der Waals surface area contributed by atoms with Crippen LogP contribution >= 0.6 is 23.4 Å². The van der Waals surface area contributed by atoms with E-state index in [-0.39, 0.29) is 10.6 Å². The molecule has 0 unspecified atom stereocenters. The van der Waals surface area contributed by atoms with E-state index in [1.807, 2.05) is 0 Å². The molecule has 76 valence electrons. The molecule has 0 heterocycles. The summed E-state index contributed by atoms with van der Waals surface area (Å²) in [5, 5.41) is 9.06. The maximum Gasteiger partial charge on any atom is 0.337 e. The highest BCUT2D eigenvalue weighted by Gasteiger charge is 2.08. The van der Waals surface area contributed by atoms with Crippen LogP contribution in [0.5, 0.6) is 0 Å². The molecule has 0 fully saturated rings. The van der Waals surface area contributed by atoms with Crippen molar-refractivity contribution in [2.75, 3.05) is 12.3 Å². The Bertz CT molecular complexity index is 344. The van der Waals surface area contributed by atoms with E-state index in [0.717, 1.165) is 10.6 Å². The van der Waals surface area contributed by atoms with Gasteiger partial charge in [-0.15, -0.1) is 11.8 Å². The molecule has 0 amide bonds. The van der Waals surface area contributed by atoms with Gasteiger partial charge < -0.3 is 10.8 Å². The molecule has 0 saturated carbocycles. The largest absolute Gasteiger partial charge is 0.478 e. The lowest BCUT2D eigenvalue weighted by Gasteiger charge is -2.03. The topological polar surface area (TPSA) is 63.3 Å². The van der Waals surface area contributed by atoms with Crippen LogP contribution in [0.4, 0.5) is 0 Å². The zero-order chi connectivity index (χ0) is 10.6. The van der Waals surface area contributed by atoms with Gasteiger partial charge in [0, 0.05) is 17.2 Å². The maximum atomic E-state index is 10.7. The van der Waals surface area contributed by atoms with E-state index in [9.17, 15) is 4.79 Å². The average Bonchev–Trinajstić information content (AvgIpc) is 2.16. The lowest BCUT2D eigenvalue weighted by molar-refractivity contribution is 0.0697. The molecule has 0 spiro atoms. The van der Waals surface area contributed by atoms with Crippen LogP contribution < -0.4 is 5.73 Å². The van der Waals surface area contributed by atoms with Crippen LogP contribution in [0.2, 0.25) is 5.02 Å². The van der Waals surface area contributed by atoms with Crippen LogP contribution in [0.1, 0.15) is 10.4 Å². The molecule has 0 aliphatic heterocycles. The molecule has 0 radical (unpaired) electrons. The summed E-state index contributed by atoms with van der Waals surface area (Å²) < 4.78 is 0. The molecule has 14 heavy (non-hydrogen) atoms. The first-order valence-electron chi connectivity index (χ1n) is 4.01. The van der Waals surface area contributed by atoms with Gasteiger partial charge in [0.15, 0.2) is 0 Å². The smallest absolute Gasteiger partial charge is 0.337 e. The zero-order valence-electron chi connectivity index (χ0n) is 7.37. The van der Waals surface area contributed by atoms with E-state index < -0.39 is 5.97 Å². The Labute approximate surface area is 91.2 Å². The predicted octanol–water partition coefficient (Wildman–Crippen LogP) is 2.09. The lowest BCUT2D eigenvalue weighted by atomic mass is 10.2. The van der Waals surface area contributed by atoms with Gasteiger partial charge >= 0.3 is 5.97 Å². The molecule has 0 atom stereocenters. The number of nitrogens with two attached hydrogens (primary N) is 1. The molecule has 1 aromatic rings. The quantitative estimate of drug-likeness (QED) is 0.779. The summed E-state index contributed by atoms with van der Waals surface area (Å²) in [6.07, 6.45) is 0. The van der Waals surface area contributed by atoms with Gasteiger partial charge in [-0.05, 0) is 18.2 Å². The number of benzene rings is 1. The van der Waals surface area contributed by atoms with Crippen molar-refractivity contribution < 1.29 is 9.90 Å². The van der Waals surface area contributed by atoms with Crippen LogP contribution in [0.15, 0.2) is 23.1 Å². The van der Waals surface area contributed by atoms with Crippen LogP contribution in [0, 0.1) is 0 Å². The highest BCUT2D eigenvalue weighted by Crippen LogP contribution is 2.24. The first-order valence-corrected chi connectivity index (χ1v) is 5.37. The zero-order valence-corrected chi connectivity index (χ0v) is 8.94. The normalized spacial score (nSPS) is 10.1. The Morgan fingerprint density at radius 3 is 2.86 bits per heavy atom. The molecule has 0 bridgehead atoms. The Hall–Kier alpha value is -0.710.